The Morgan fingerprint density at radius 1 is 1.24 bits per heavy atom. The van der Waals surface area contributed by atoms with Gasteiger partial charge in [-0.1, -0.05) is 5.57 Å². The van der Waals surface area contributed by atoms with E-state index in [-0.39, 0.29) is 0 Å². The van der Waals surface area contributed by atoms with Crippen molar-refractivity contribution >= 4 is 0 Å². The summed E-state index contributed by atoms with van der Waals surface area (Å²) in [4.78, 5) is 2.67. The summed E-state index contributed by atoms with van der Waals surface area (Å²) in [7, 11) is 0. The molecule has 0 bridgehead atoms. The van der Waals surface area contributed by atoms with Gasteiger partial charge in [0.1, 0.15) is 0 Å². The summed E-state index contributed by atoms with van der Waals surface area (Å²) in [6, 6.07) is 0.574. The van der Waals surface area contributed by atoms with E-state index in [0.29, 0.717) is 6.04 Å². The van der Waals surface area contributed by atoms with Crippen LogP contribution >= 0.6 is 0 Å². The second-order valence-corrected chi connectivity index (χ2v) is 6.08. The largest absolute Gasteiger partial charge is 0.389 e. The summed E-state index contributed by atoms with van der Waals surface area (Å²) in [6.45, 7) is 8.49. The van der Waals surface area contributed by atoms with Gasteiger partial charge in [-0.05, 0) is 77.6 Å². The van der Waals surface area contributed by atoms with Crippen molar-refractivity contribution in [2.24, 2.45) is 5.92 Å². The lowest BCUT2D eigenvalue weighted by atomic mass is 9.86. The molecule has 2 nitrogen and oxygen atoms in total. The number of rotatable bonds is 4. The highest BCUT2D eigenvalue weighted by atomic mass is 15.1. The molecule has 1 aliphatic heterocycles. The van der Waals surface area contributed by atoms with Crippen LogP contribution in [0.1, 0.15) is 52.4 Å². The summed E-state index contributed by atoms with van der Waals surface area (Å²) < 4.78 is 0. The summed E-state index contributed by atoms with van der Waals surface area (Å²) in [5, 5.41) is 3.43. The number of hydrogen-bond acceptors (Lipinski definition) is 2. The highest BCUT2D eigenvalue weighted by Gasteiger charge is 2.21. The zero-order valence-electron chi connectivity index (χ0n) is 11.5. The van der Waals surface area contributed by atoms with E-state index >= 15 is 0 Å². The molecule has 2 aliphatic rings. The van der Waals surface area contributed by atoms with Crippen LogP contribution in [0.2, 0.25) is 0 Å². The molecule has 0 radical (unpaired) electrons. The van der Waals surface area contributed by atoms with Crippen molar-refractivity contribution in [1.82, 2.24) is 10.2 Å². The van der Waals surface area contributed by atoms with E-state index in [1.807, 2.05) is 0 Å². The first-order valence-electron chi connectivity index (χ1n) is 7.40. The Morgan fingerprint density at radius 3 is 2.47 bits per heavy atom. The quantitative estimate of drug-likeness (QED) is 0.806. The van der Waals surface area contributed by atoms with Crippen LogP contribution in [-0.4, -0.2) is 30.6 Å². The summed E-state index contributed by atoms with van der Waals surface area (Å²) in [6.07, 6.45) is 10.6. The first-order chi connectivity index (χ1) is 8.24. The maximum absolute atomic E-state index is 3.43. The molecule has 0 atom stereocenters. The summed E-state index contributed by atoms with van der Waals surface area (Å²) in [5.41, 5.74) is 1.64. The normalized spacial score (nSPS) is 26.5. The molecule has 1 N–H and O–H groups in total. The molecule has 1 saturated carbocycles. The second kappa shape index (κ2) is 6.44. The third-order valence-electron chi connectivity index (χ3n) is 4.08. The maximum Gasteiger partial charge on any atom is 0.0199 e. The number of nitrogens with zero attached hydrogens (tertiary/aromatic N) is 1. The average molecular weight is 236 g/mol. The van der Waals surface area contributed by atoms with Crippen molar-refractivity contribution < 1.29 is 0 Å². The Bertz CT molecular complexity index is 242. The van der Waals surface area contributed by atoms with Crippen LogP contribution in [0.4, 0.5) is 0 Å². The molecule has 1 aliphatic carbocycles. The second-order valence-electron chi connectivity index (χ2n) is 6.08. The number of nitrogens with one attached hydrogen (secondary N) is 1. The molecule has 1 heterocycles. The van der Waals surface area contributed by atoms with Gasteiger partial charge in [-0.15, -0.1) is 0 Å². The topological polar surface area (TPSA) is 15.3 Å². The van der Waals surface area contributed by atoms with Crippen molar-refractivity contribution in [3.05, 3.63) is 11.8 Å². The Kier molecular flexibility index (Phi) is 4.90. The lowest BCUT2D eigenvalue weighted by Gasteiger charge is -2.28. The van der Waals surface area contributed by atoms with Gasteiger partial charge in [0.25, 0.3) is 0 Å². The summed E-state index contributed by atoms with van der Waals surface area (Å²) in [5.74, 6) is 0.962. The van der Waals surface area contributed by atoms with Gasteiger partial charge in [-0.2, -0.15) is 0 Å². The summed E-state index contributed by atoms with van der Waals surface area (Å²) >= 11 is 0. The minimum atomic E-state index is 0.574. The fraction of sp³-hybridized carbons (Fsp3) is 0.867. The van der Waals surface area contributed by atoms with E-state index < -0.39 is 0 Å². The molecule has 2 rings (SSSR count). The van der Waals surface area contributed by atoms with Crippen LogP contribution in [0, 0.1) is 5.92 Å². The first-order valence-corrected chi connectivity index (χ1v) is 7.40. The van der Waals surface area contributed by atoms with Crippen molar-refractivity contribution in [2.45, 2.75) is 58.4 Å². The molecule has 0 aromatic rings. The van der Waals surface area contributed by atoms with Crippen LogP contribution in [0.5, 0.6) is 0 Å². The number of hydrogen-bond donors (Lipinski definition) is 1. The van der Waals surface area contributed by atoms with Crippen molar-refractivity contribution in [3.8, 4) is 0 Å². The molecule has 0 amide bonds. The van der Waals surface area contributed by atoms with E-state index in [1.165, 1.54) is 58.2 Å². The number of allylic oxidation sites excluding steroid dienone is 1. The Morgan fingerprint density at radius 2 is 1.88 bits per heavy atom. The Balaban J connectivity index is 1.68. The minimum Gasteiger partial charge on any atom is -0.389 e. The maximum atomic E-state index is 3.43. The zero-order chi connectivity index (χ0) is 12.1. The van der Waals surface area contributed by atoms with Gasteiger partial charge in [-0.3, -0.25) is 0 Å². The molecule has 0 unspecified atom stereocenters. The highest BCUT2D eigenvalue weighted by molar-refractivity contribution is 5.04. The third kappa shape index (κ3) is 4.34. The lowest BCUT2D eigenvalue weighted by molar-refractivity contribution is 0.248. The fourth-order valence-corrected chi connectivity index (χ4v) is 2.99. The molecule has 2 fully saturated rings. The van der Waals surface area contributed by atoms with E-state index in [1.54, 1.807) is 5.57 Å². The van der Waals surface area contributed by atoms with Gasteiger partial charge in [0.15, 0.2) is 0 Å². The highest BCUT2D eigenvalue weighted by Crippen LogP contribution is 2.29. The number of likely N-dealkylation sites (tertiary alicyclic amines) is 1. The molecule has 1 saturated heterocycles. The van der Waals surface area contributed by atoms with E-state index in [9.17, 15) is 0 Å². The van der Waals surface area contributed by atoms with Crippen LogP contribution in [-0.2, 0) is 0 Å². The standard InChI is InChI=1S/C15H28N2/c1-13(2)16-11-14-5-7-15(8-6-14)12-17-9-3-4-10-17/h11,13,15-16H,3-10,12H2,1-2H3. The molecule has 0 spiro atoms. The first kappa shape index (κ1) is 12.9. The van der Waals surface area contributed by atoms with Gasteiger partial charge in [0.05, 0.1) is 0 Å². The molecule has 17 heavy (non-hydrogen) atoms. The SMILES string of the molecule is CC(C)NC=C1CCC(CN2CCCC2)CC1. The van der Waals surface area contributed by atoms with Crippen LogP contribution < -0.4 is 5.32 Å². The van der Waals surface area contributed by atoms with Crippen LogP contribution in [0.3, 0.4) is 0 Å². The fourth-order valence-electron chi connectivity index (χ4n) is 2.99. The van der Waals surface area contributed by atoms with Crippen molar-refractivity contribution in [2.75, 3.05) is 19.6 Å². The van der Waals surface area contributed by atoms with E-state index in [2.05, 4.69) is 30.3 Å². The van der Waals surface area contributed by atoms with Crippen LogP contribution in [0.25, 0.3) is 0 Å². The zero-order valence-corrected chi connectivity index (χ0v) is 11.5. The monoisotopic (exact) mass is 236 g/mol. The molecule has 98 valence electrons. The van der Waals surface area contributed by atoms with Gasteiger partial charge < -0.3 is 10.2 Å². The van der Waals surface area contributed by atoms with E-state index in [4.69, 9.17) is 0 Å². The van der Waals surface area contributed by atoms with Crippen LogP contribution in [0.15, 0.2) is 11.8 Å². The van der Waals surface area contributed by atoms with Gasteiger partial charge in [-0.25, -0.2) is 0 Å². The van der Waals surface area contributed by atoms with Gasteiger partial charge in [0.2, 0.25) is 0 Å². The van der Waals surface area contributed by atoms with Gasteiger partial charge >= 0.3 is 0 Å². The lowest BCUT2D eigenvalue weighted by Crippen LogP contribution is -2.28. The smallest absolute Gasteiger partial charge is 0.0199 e. The molecular formula is C15H28N2. The molecule has 0 aromatic carbocycles. The molecule has 0 aromatic heterocycles. The molecule has 2 heteroatoms. The van der Waals surface area contributed by atoms with Gasteiger partial charge in [0, 0.05) is 12.6 Å². The minimum absolute atomic E-state index is 0.574. The third-order valence-corrected chi connectivity index (χ3v) is 4.08. The Hall–Kier alpha value is -0.500. The predicted molar refractivity (Wildman–Crippen MR) is 74.0 cm³/mol. The molecular weight excluding hydrogens is 208 g/mol. The van der Waals surface area contributed by atoms with E-state index in [0.717, 1.165) is 5.92 Å². The van der Waals surface area contributed by atoms with Crippen molar-refractivity contribution in [3.63, 3.8) is 0 Å². The average Bonchev–Trinajstić information content (AvgIpc) is 2.81. The predicted octanol–water partition coefficient (Wildman–Crippen LogP) is 3.15. The Labute approximate surface area is 106 Å². The van der Waals surface area contributed by atoms with Crippen molar-refractivity contribution in [1.29, 1.82) is 0 Å².